The molecule has 0 atom stereocenters. The number of carbonyl (C=O) groups is 2. The smallest absolute Gasteiger partial charge is 0.240 e. The van der Waals surface area contributed by atoms with Crippen molar-refractivity contribution in [1.82, 2.24) is 5.43 Å². The molecular weight excluding hydrogens is 361 g/mol. The first-order valence-electron chi connectivity index (χ1n) is 7.59. The standard InChI is InChI=1S/C18H17Cl2N3O2/c1-12-14(19)7-4-8-16(12)22-17(24)9-10-18(25)23-21-11-13-5-2-3-6-15(13)20/h2-8,11H,9-10H2,1H3,(H,22,24)(H,23,25)/b21-11-. The third kappa shape index (κ3) is 5.89. The van der Waals surface area contributed by atoms with Crippen molar-refractivity contribution in [1.29, 1.82) is 0 Å². The van der Waals surface area contributed by atoms with Crippen molar-refractivity contribution in [2.24, 2.45) is 5.10 Å². The molecule has 25 heavy (non-hydrogen) atoms. The minimum atomic E-state index is -0.360. The molecule has 0 radical (unpaired) electrons. The van der Waals surface area contributed by atoms with E-state index in [4.69, 9.17) is 23.2 Å². The maximum atomic E-state index is 11.9. The number of nitrogens with zero attached hydrogens (tertiary/aromatic N) is 1. The molecule has 0 saturated heterocycles. The summed E-state index contributed by atoms with van der Waals surface area (Å²) in [6, 6.07) is 12.4. The van der Waals surface area contributed by atoms with E-state index in [1.165, 1.54) is 6.21 Å². The number of halogens is 2. The van der Waals surface area contributed by atoms with Crippen LogP contribution in [0.2, 0.25) is 10.0 Å². The molecule has 2 aromatic rings. The van der Waals surface area contributed by atoms with Crippen LogP contribution in [0.3, 0.4) is 0 Å². The fourth-order valence-corrected chi connectivity index (χ4v) is 2.35. The van der Waals surface area contributed by atoms with E-state index in [9.17, 15) is 9.59 Å². The van der Waals surface area contributed by atoms with Crippen LogP contribution in [0.5, 0.6) is 0 Å². The summed E-state index contributed by atoms with van der Waals surface area (Å²) in [5.41, 5.74) is 4.48. The number of benzene rings is 2. The molecule has 0 heterocycles. The Balaban J connectivity index is 1.79. The summed E-state index contributed by atoms with van der Waals surface area (Å²) in [5, 5.41) is 7.68. The minimum Gasteiger partial charge on any atom is -0.326 e. The van der Waals surface area contributed by atoms with Gasteiger partial charge in [-0.25, -0.2) is 5.43 Å². The van der Waals surface area contributed by atoms with Crippen molar-refractivity contribution in [2.75, 3.05) is 5.32 Å². The van der Waals surface area contributed by atoms with Crippen molar-refractivity contribution in [3.63, 3.8) is 0 Å². The Hall–Kier alpha value is -2.37. The maximum absolute atomic E-state index is 11.9. The van der Waals surface area contributed by atoms with E-state index < -0.39 is 0 Å². The normalized spacial score (nSPS) is 10.7. The summed E-state index contributed by atoms with van der Waals surface area (Å²) >= 11 is 12.0. The second-order valence-electron chi connectivity index (χ2n) is 5.28. The molecule has 2 aromatic carbocycles. The van der Waals surface area contributed by atoms with Crippen LogP contribution in [0.4, 0.5) is 5.69 Å². The van der Waals surface area contributed by atoms with Gasteiger partial charge in [0, 0.05) is 34.1 Å². The van der Waals surface area contributed by atoms with Gasteiger partial charge in [0.15, 0.2) is 0 Å². The molecule has 0 aliphatic rings. The van der Waals surface area contributed by atoms with Crippen molar-refractivity contribution in [3.05, 3.63) is 63.6 Å². The highest BCUT2D eigenvalue weighted by Crippen LogP contribution is 2.23. The van der Waals surface area contributed by atoms with Crippen molar-refractivity contribution in [3.8, 4) is 0 Å². The molecule has 0 aromatic heterocycles. The number of hydrogen-bond acceptors (Lipinski definition) is 3. The molecule has 2 N–H and O–H groups in total. The van der Waals surface area contributed by atoms with Gasteiger partial charge in [-0.2, -0.15) is 5.10 Å². The van der Waals surface area contributed by atoms with Gasteiger partial charge in [0.05, 0.1) is 6.21 Å². The highest BCUT2D eigenvalue weighted by molar-refractivity contribution is 6.33. The zero-order valence-corrected chi connectivity index (χ0v) is 15.1. The molecule has 2 amide bonds. The molecule has 2 rings (SSSR count). The van der Waals surface area contributed by atoms with E-state index in [0.29, 0.717) is 21.3 Å². The average Bonchev–Trinajstić information content (AvgIpc) is 2.59. The lowest BCUT2D eigenvalue weighted by Crippen LogP contribution is -2.20. The fraction of sp³-hybridized carbons (Fsp3) is 0.167. The Morgan fingerprint density at radius 2 is 1.68 bits per heavy atom. The molecule has 5 nitrogen and oxygen atoms in total. The molecule has 0 aliphatic carbocycles. The third-order valence-electron chi connectivity index (χ3n) is 3.42. The van der Waals surface area contributed by atoms with Crippen molar-refractivity contribution in [2.45, 2.75) is 19.8 Å². The highest BCUT2D eigenvalue weighted by atomic mass is 35.5. The molecule has 0 spiro atoms. The van der Waals surface area contributed by atoms with E-state index in [0.717, 1.165) is 5.56 Å². The van der Waals surface area contributed by atoms with E-state index in [1.54, 1.807) is 36.4 Å². The van der Waals surface area contributed by atoms with Gasteiger partial charge in [0.25, 0.3) is 0 Å². The molecule has 0 saturated carbocycles. The molecule has 0 fully saturated rings. The number of amides is 2. The summed E-state index contributed by atoms with van der Waals surface area (Å²) < 4.78 is 0. The zero-order valence-electron chi connectivity index (χ0n) is 13.6. The summed E-state index contributed by atoms with van der Waals surface area (Å²) in [4.78, 5) is 23.7. The van der Waals surface area contributed by atoms with Gasteiger partial charge in [-0.1, -0.05) is 47.5 Å². The molecule has 0 unspecified atom stereocenters. The number of hydrogen-bond donors (Lipinski definition) is 2. The molecule has 130 valence electrons. The lowest BCUT2D eigenvalue weighted by atomic mass is 10.2. The predicted octanol–water partition coefficient (Wildman–Crippen LogP) is 4.17. The van der Waals surface area contributed by atoms with Gasteiger partial charge in [-0.3, -0.25) is 9.59 Å². The lowest BCUT2D eigenvalue weighted by molar-refractivity contribution is -0.124. The maximum Gasteiger partial charge on any atom is 0.240 e. The van der Waals surface area contributed by atoms with Crippen LogP contribution in [-0.2, 0) is 9.59 Å². The molecule has 0 aliphatic heterocycles. The van der Waals surface area contributed by atoms with Crippen LogP contribution >= 0.6 is 23.2 Å². The first kappa shape index (κ1) is 19.0. The summed E-state index contributed by atoms with van der Waals surface area (Å²) in [6.45, 7) is 1.81. The predicted molar refractivity (Wildman–Crippen MR) is 101 cm³/mol. The van der Waals surface area contributed by atoms with Gasteiger partial charge < -0.3 is 5.32 Å². The van der Waals surface area contributed by atoms with E-state index >= 15 is 0 Å². The zero-order chi connectivity index (χ0) is 18.2. The second-order valence-corrected chi connectivity index (χ2v) is 6.09. The van der Waals surface area contributed by atoms with Gasteiger partial charge >= 0.3 is 0 Å². The van der Waals surface area contributed by atoms with Crippen LogP contribution in [-0.4, -0.2) is 18.0 Å². The van der Waals surface area contributed by atoms with Gasteiger partial charge in [-0.05, 0) is 30.7 Å². The summed E-state index contributed by atoms with van der Waals surface area (Å²) in [5.74, 6) is -0.628. The fourth-order valence-electron chi connectivity index (χ4n) is 1.99. The first-order valence-corrected chi connectivity index (χ1v) is 8.34. The Morgan fingerprint density at radius 1 is 1.00 bits per heavy atom. The summed E-state index contributed by atoms with van der Waals surface area (Å²) in [6.07, 6.45) is 1.51. The van der Waals surface area contributed by atoms with Crippen molar-refractivity contribution >= 4 is 46.9 Å². The lowest BCUT2D eigenvalue weighted by Gasteiger charge is -2.09. The number of hydrazone groups is 1. The molecule has 0 bridgehead atoms. The van der Waals surface area contributed by atoms with Gasteiger partial charge in [0.1, 0.15) is 0 Å². The van der Waals surface area contributed by atoms with Crippen LogP contribution < -0.4 is 10.7 Å². The minimum absolute atomic E-state index is 0.0192. The summed E-state index contributed by atoms with van der Waals surface area (Å²) in [7, 11) is 0. The monoisotopic (exact) mass is 377 g/mol. The largest absolute Gasteiger partial charge is 0.326 e. The quantitative estimate of drug-likeness (QED) is 0.585. The number of anilines is 1. The van der Waals surface area contributed by atoms with E-state index in [1.807, 2.05) is 13.0 Å². The number of nitrogens with one attached hydrogen (secondary N) is 2. The second kappa shape index (κ2) is 9.20. The van der Waals surface area contributed by atoms with Crippen molar-refractivity contribution < 1.29 is 9.59 Å². The van der Waals surface area contributed by atoms with Gasteiger partial charge in [-0.15, -0.1) is 0 Å². The third-order valence-corrected chi connectivity index (χ3v) is 4.17. The Morgan fingerprint density at radius 3 is 2.44 bits per heavy atom. The Kier molecular flexibility index (Phi) is 6.98. The Labute approximate surface area is 156 Å². The number of carbonyl (C=O) groups excluding carboxylic acids is 2. The topological polar surface area (TPSA) is 70.6 Å². The molecular formula is C18H17Cl2N3O2. The van der Waals surface area contributed by atoms with Gasteiger partial charge in [0.2, 0.25) is 11.8 Å². The van der Waals surface area contributed by atoms with Crippen LogP contribution in [0.25, 0.3) is 0 Å². The van der Waals surface area contributed by atoms with Crippen LogP contribution in [0, 0.1) is 6.92 Å². The van der Waals surface area contributed by atoms with Crippen LogP contribution in [0.1, 0.15) is 24.0 Å². The number of rotatable bonds is 6. The Bertz CT molecular complexity index is 807. The van der Waals surface area contributed by atoms with E-state index in [2.05, 4.69) is 15.8 Å². The average molecular weight is 378 g/mol. The first-order chi connectivity index (χ1) is 12.0. The molecule has 7 heteroatoms. The van der Waals surface area contributed by atoms with Crippen LogP contribution in [0.15, 0.2) is 47.6 Å². The van der Waals surface area contributed by atoms with E-state index in [-0.39, 0.29) is 24.7 Å². The highest BCUT2D eigenvalue weighted by Gasteiger charge is 2.09. The SMILES string of the molecule is Cc1c(Cl)cccc1NC(=O)CCC(=O)N/N=C\c1ccccc1Cl.